The van der Waals surface area contributed by atoms with Crippen LogP contribution in [-0.4, -0.2) is 24.4 Å². The van der Waals surface area contributed by atoms with Crippen molar-refractivity contribution in [1.29, 1.82) is 0 Å². The number of nitrogens with one attached hydrogen (secondary N) is 1. The number of rotatable bonds is 7. The molecule has 4 aromatic rings. The minimum absolute atomic E-state index is 0.00343. The Balaban J connectivity index is 1.72. The van der Waals surface area contributed by atoms with Gasteiger partial charge in [-0.3, -0.25) is 20.2 Å². The second kappa shape index (κ2) is 8.85. The summed E-state index contributed by atoms with van der Waals surface area (Å²) in [5.41, 5.74) is 1.90. The number of aryl methyl sites for hydroxylation is 2. The monoisotopic (exact) mass is 468 g/mol. The largest absolute Gasteiger partial charge is 0.310 e. The van der Waals surface area contributed by atoms with Gasteiger partial charge in [-0.25, -0.2) is 4.98 Å². The SMILES string of the molecule is Cc1cc(NSc2ccccc2[N+](=O)[O-])n2nc(C)c(Sc3ccccc3[N+](=O)[O-])c2n1. The molecule has 0 aliphatic carbocycles. The van der Waals surface area contributed by atoms with E-state index in [4.69, 9.17) is 0 Å². The van der Waals surface area contributed by atoms with E-state index in [-0.39, 0.29) is 11.4 Å². The molecule has 0 atom stereocenters. The summed E-state index contributed by atoms with van der Waals surface area (Å²) < 4.78 is 4.73. The second-order valence-corrected chi connectivity index (χ2v) is 8.59. The minimum atomic E-state index is -0.434. The number of para-hydroxylation sites is 2. The number of benzene rings is 2. The standard InChI is InChI=1S/C20H16N6O4S2/c1-12-11-18(23-32-17-10-6-4-8-15(17)26(29)30)24-20(21-12)19(13(2)22-24)31-16-9-5-3-7-14(16)25(27)28/h3-11,23H,1-2H3. The number of nitrogens with zero attached hydrogens (tertiary/aromatic N) is 5. The van der Waals surface area contributed by atoms with Gasteiger partial charge in [0.25, 0.3) is 11.4 Å². The van der Waals surface area contributed by atoms with Gasteiger partial charge in [-0.1, -0.05) is 36.0 Å². The summed E-state index contributed by atoms with van der Waals surface area (Å²) >= 11 is 2.33. The molecule has 0 radical (unpaired) electrons. The zero-order valence-corrected chi connectivity index (χ0v) is 18.5. The Hall–Kier alpha value is -3.64. The Morgan fingerprint density at radius 1 is 0.938 bits per heavy atom. The van der Waals surface area contributed by atoms with Crippen LogP contribution >= 0.6 is 23.7 Å². The van der Waals surface area contributed by atoms with Crippen molar-refractivity contribution in [2.24, 2.45) is 0 Å². The molecule has 12 heteroatoms. The van der Waals surface area contributed by atoms with Crippen LogP contribution in [0.4, 0.5) is 17.2 Å². The van der Waals surface area contributed by atoms with E-state index in [9.17, 15) is 20.2 Å². The number of hydrogen-bond donors (Lipinski definition) is 1. The maximum Gasteiger partial charge on any atom is 0.284 e. The molecule has 0 spiro atoms. The maximum absolute atomic E-state index is 11.4. The number of aromatic nitrogens is 3. The van der Waals surface area contributed by atoms with Crippen LogP contribution in [-0.2, 0) is 0 Å². The second-order valence-electron chi connectivity index (χ2n) is 6.69. The van der Waals surface area contributed by atoms with Crippen molar-refractivity contribution >= 4 is 46.5 Å². The third-order valence-electron chi connectivity index (χ3n) is 4.44. The van der Waals surface area contributed by atoms with Gasteiger partial charge in [0.2, 0.25) is 0 Å². The molecule has 0 bridgehead atoms. The van der Waals surface area contributed by atoms with Crippen molar-refractivity contribution in [3.8, 4) is 0 Å². The van der Waals surface area contributed by atoms with E-state index in [2.05, 4.69) is 14.8 Å². The maximum atomic E-state index is 11.4. The summed E-state index contributed by atoms with van der Waals surface area (Å²) in [5.74, 6) is 0.577. The number of anilines is 1. The molecule has 0 unspecified atom stereocenters. The third kappa shape index (κ3) is 4.22. The first kappa shape index (κ1) is 21.6. The summed E-state index contributed by atoms with van der Waals surface area (Å²) in [7, 11) is 0. The molecule has 2 aromatic carbocycles. The van der Waals surface area contributed by atoms with Crippen LogP contribution < -0.4 is 4.72 Å². The van der Waals surface area contributed by atoms with E-state index in [0.717, 1.165) is 11.9 Å². The Morgan fingerprint density at radius 3 is 2.19 bits per heavy atom. The van der Waals surface area contributed by atoms with Crippen molar-refractivity contribution in [3.63, 3.8) is 0 Å². The molecule has 1 N–H and O–H groups in total. The van der Waals surface area contributed by atoms with Crippen LogP contribution in [0.1, 0.15) is 11.4 Å². The van der Waals surface area contributed by atoms with Gasteiger partial charge in [0, 0.05) is 23.9 Å². The normalized spacial score (nSPS) is 10.9. The zero-order valence-electron chi connectivity index (χ0n) is 16.9. The van der Waals surface area contributed by atoms with E-state index in [1.807, 2.05) is 6.92 Å². The van der Waals surface area contributed by atoms with Crippen LogP contribution in [0.2, 0.25) is 0 Å². The molecule has 0 amide bonds. The van der Waals surface area contributed by atoms with Gasteiger partial charge in [-0.15, -0.1) is 0 Å². The highest BCUT2D eigenvalue weighted by Gasteiger charge is 2.21. The summed E-state index contributed by atoms with van der Waals surface area (Å²) in [6, 6.07) is 14.7. The van der Waals surface area contributed by atoms with Gasteiger partial charge in [0.05, 0.1) is 25.3 Å². The van der Waals surface area contributed by atoms with E-state index in [1.54, 1.807) is 53.9 Å². The fourth-order valence-electron chi connectivity index (χ4n) is 3.02. The predicted octanol–water partition coefficient (Wildman–Crippen LogP) is 5.43. The molecule has 0 aliphatic heterocycles. The van der Waals surface area contributed by atoms with E-state index < -0.39 is 9.85 Å². The molecular weight excluding hydrogens is 452 g/mol. The molecule has 2 heterocycles. The van der Waals surface area contributed by atoms with Crippen LogP contribution in [0.5, 0.6) is 0 Å². The van der Waals surface area contributed by atoms with Crippen LogP contribution in [0.25, 0.3) is 5.65 Å². The lowest BCUT2D eigenvalue weighted by molar-refractivity contribution is -0.387. The summed E-state index contributed by atoms with van der Waals surface area (Å²) in [6.45, 7) is 3.63. The Bertz CT molecular complexity index is 1360. The molecule has 10 nitrogen and oxygen atoms in total. The average Bonchev–Trinajstić information content (AvgIpc) is 3.07. The van der Waals surface area contributed by atoms with Gasteiger partial charge in [-0.2, -0.15) is 9.61 Å². The fraction of sp³-hybridized carbons (Fsp3) is 0.100. The first-order valence-corrected chi connectivity index (χ1v) is 10.9. The number of nitro groups is 2. The van der Waals surface area contributed by atoms with Gasteiger partial charge in [-0.05, 0) is 37.9 Å². The van der Waals surface area contributed by atoms with Gasteiger partial charge >= 0.3 is 0 Å². The van der Waals surface area contributed by atoms with Gasteiger partial charge in [0.1, 0.15) is 10.7 Å². The molecular formula is C20H16N6O4S2. The lowest BCUT2D eigenvalue weighted by atomic mass is 10.3. The molecule has 0 fully saturated rings. The number of fused-ring (bicyclic) bond motifs is 1. The van der Waals surface area contributed by atoms with Crippen LogP contribution in [0.15, 0.2) is 69.3 Å². The Labute approximate surface area is 190 Å². The van der Waals surface area contributed by atoms with Crippen molar-refractivity contribution in [2.75, 3.05) is 4.72 Å². The molecule has 0 aliphatic rings. The van der Waals surface area contributed by atoms with E-state index in [1.165, 1.54) is 23.9 Å². The number of nitro benzene ring substituents is 2. The summed E-state index contributed by atoms with van der Waals surface area (Å²) in [4.78, 5) is 28.1. The van der Waals surface area contributed by atoms with Gasteiger partial charge in [0.15, 0.2) is 5.65 Å². The average molecular weight is 469 g/mol. The highest BCUT2D eigenvalue weighted by atomic mass is 32.2. The van der Waals surface area contributed by atoms with E-state index in [0.29, 0.717) is 37.5 Å². The minimum Gasteiger partial charge on any atom is -0.310 e. The van der Waals surface area contributed by atoms with E-state index >= 15 is 0 Å². The Kier molecular flexibility index (Phi) is 5.97. The highest BCUT2D eigenvalue weighted by Crippen LogP contribution is 2.39. The molecule has 4 rings (SSSR count). The third-order valence-corrected chi connectivity index (χ3v) is 6.56. The first-order chi connectivity index (χ1) is 15.3. The topological polar surface area (TPSA) is 128 Å². The lowest BCUT2D eigenvalue weighted by Gasteiger charge is -2.09. The molecule has 2 aromatic heterocycles. The molecule has 162 valence electrons. The predicted molar refractivity (Wildman–Crippen MR) is 122 cm³/mol. The van der Waals surface area contributed by atoms with Gasteiger partial charge < -0.3 is 4.72 Å². The molecule has 0 saturated carbocycles. The van der Waals surface area contributed by atoms with Crippen LogP contribution in [0.3, 0.4) is 0 Å². The quantitative estimate of drug-likeness (QED) is 0.214. The van der Waals surface area contributed by atoms with Crippen molar-refractivity contribution in [2.45, 2.75) is 28.5 Å². The zero-order chi connectivity index (χ0) is 22.8. The molecule has 32 heavy (non-hydrogen) atoms. The summed E-state index contributed by atoms with van der Waals surface area (Å²) in [6.07, 6.45) is 0. The first-order valence-electron chi connectivity index (χ1n) is 9.29. The molecule has 0 saturated heterocycles. The van der Waals surface area contributed by atoms with Crippen molar-refractivity contribution in [1.82, 2.24) is 14.6 Å². The van der Waals surface area contributed by atoms with Crippen molar-refractivity contribution in [3.05, 3.63) is 86.2 Å². The van der Waals surface area contributed by atoms with Crippen LogP contribution in [0, 0.1) is 34.1 Å². The number of hydrogen-bond acceptors (Lipinski definition) is 9. The lowest BCUT2D eigenvalue weighted by Crippen LogP contribution is -2.02. The summed E-state index contributed by atoms with van der Waals surface area (Å²) in [5, 5.41) is 27.2. The highest BCUT2D eigenvalue weighted by molar-refractivity contribution is 8.00. The fourth-order valence-corrected chi connectivity index (χ4v) is 4.80. The Morgan fingerprint density at radius 2 is 1.53 bits per heavy atom. The van der Waals surface area contributed by atoms with Crippen molar-refractivity contribution < 1.29 is 9.85 Å². The smallest absolute Gasteiger partial charge is 0.284 e.